The van der Waals surface area contributed by atoms with Crippen molar-refractivity contribution in [2.24, 2.45) is 5.73 Å². The lowest BCUT2D eigenvalue weighted by Gasteiger charge is -2.35. The molecule has 0 aliphatic carbocycles. The van der Waals surface area contributed by atoms with Crippen LogP contribution in [0.25, 0.3) is 0 Å². The third-order valence-corrected chi connectivity index (χ3v) is 3.87. The van der Waals surface area contributed by atoms with Crippen LogP contribution in [-0.2, 0) is 0 Å². The fraction of sp³-hybridized carbons (Fsp3) is 0.312. The maximum atomic E-state index is 12.4. The summed E-state index contributed by atoms with van der Waals surface area (Å²) in [6, 6.07) is 6.81. The van der Waals surface area contributed by atoms with Gasteiger partial charge < -0.3 is 20.0 Å². The van der Waals surface area contributed by atoms with Crippen LogP contribution in [0.1, 0.15) is 26.7 Å². The lowest BCUT2D eigenvalue weighted by atomic mass is 10.2. The molecule has 0 radical (unpaired) electrons. The highest BCUT2D eigenvalue weighted by Crippen LogP contribution is 2.19. The van der Waals surface area contributed by atoms with Crippen molar-refractivity contribution in [3.63, 3.8) is 0 Å². The number of amides is 2. The topological polar surface area (TPSA) is 92.7 Å². The van der Waals surface area contributed by atoms with Crippen molar-refractivity contribution < 1.29 is 14.0 Å². The molecule has 0 spiro atoms. The molecule has 3 rings (SSSR count). The maximum Gasteiger partial charge on any atom is 0.289 e. The summed E-state index contributed by atoms with van der Waals surface area (Å²) in [5.41, 5.74) is 5.79. The molecule has 7 heteroatoms. The Morgan fingerprint density at radius 3 is 2.52 bits per heavy atom. The number of hydrogen-bond donors (Lipinski definition) is 1. The van der Waals surface area contributed by atoms with Gasteiger partial charge in [0.25, 0.3) is 11.8 Å². The number of nitrogens with zero attached hydrogens (tertiary/aromatic N) is 3. The van der Waals surface area contributed by atoms with Crippen molar-refractivity contribution in [2.45, 2.75) is 6.92 Å². The predicted octanol–water partition coefficient (Wildman–Crippen LogP) is 1.04. The Bertz CT molecular complexity index is 732. The van der Waals surface area contributed by atoms with Crippen LogP contribution >= 0.6 is 0 Å². The van der Waals surface area contributed by atoms with E-state index >= 15 is 0 Å². The second-order valence-corrected chi connectivity index (χ2v) is 5.43. The Balaban J connectivity index is 1.69. The summed E-state index contributed by atoms with van der Waals surface area (Å²) in [5.74, 6) is 1.02. The highest BCUT2D eigenvalue weighted by molar-refractivity contribution is 5.97. The molecule has 2 N–H and O–H groups in total. The minimum Gasteiger partial charge on any atom is -0.456 e. The molecule has 23 heavy (non-hydrogen) atoms. The number of carbonyl (C=O) groups excluding carboxylic acids is 2. The van der Waals surface area contributed by atoms with Crippen LogP contribution in [-0.4, -0.2) is 47.9 Å². The molecular weight excluding hydrogens is 296 g/mol. The Hall–Kier alpha value is -2.83. The number of primary amides is 1. The van der Waals surface area contributed by atoms with E-state index in [4.69, 9.17) is 10.2 Å². The quantitative estimate of drug-likeness (QED) is 0.914. The van der Waals surface area contributed by atoms with E-state index in [9.17, 15) is 9.59 Å². The fourth-order valence-electron chi connectivity index (χ4n) is 2.67. The third-order valence-electron chi connectivity index (χ3n) is 3.87. The Morgan fingerprint density at radius 1 is 1.17 bits per heavy atom. The van der Waals surface area contributed by atoms with Gasteiger partial charge in [0, 0.05) is 32.4 Å². The highest BCUT2D eigenvalue weighted by Gasteiger charge is 2.26. The highest BCUT2D eigenvalue weighted by atomic mass is 16.3. The summed E-state index contributed by atoms with van der Waals surface area (Å²) in [4.78, 5) is 31.8. The first kappa shape index (κ1) is 15.1. The summed E-state index contributed by atoms with van der Waals surface area (Å²) in [6.07, 6.45) is 1.63. The first-order valence-electron chi connectivity index (χ1n) is 7.42. The monoisotopic (exact) mass is 314 g/mol. The van der Waals surface area contributed by atoms with Gasteiger partial charge in [0.15, 0.2) is 5.76 Å². The van der Waals surface area contributed by atoms with E-state index in [1.165, 1.54) is 0 Å². The van der Waals surface area contributed by atoms with E-state index in [1.807, 2.05) is 4.90 Å². The molecule has 2 amide bonds. The number of pyridine rings is 1. The number of piperazine rings is 1. The molecule has 1 saturated heterocycles. The minimum atomic E-state index is -0.502. The summed E-state index contributed by atoms with van der Waals surface area (Å²) in [5, 5.41) is 0. The van der Waals surface area contributed by atoms with Crippen molar-refractivity contribution in [2.75, 3.05) is 31.1 Å². The van der Waals surface area contributed by atoms with E-state index in [0.717, 1.165) is 0 Å². The molecule has 1 aliphatic rings. The molecule has 1 aliphatic heterocycles. The Kier molecular flexibility index (Phi) is 4.01. The second kappa shape index (κ2) is 6.12. The van der Waals surface area contributed by atoms with Gasteiger partial charge in [0.2, 0.25) is 0 Å². The molecule has 120 valence electrons. The number of nitrogens with two attached hydrogens (primary N) is 1. The van der Waals surface area contributed by atoms with E-state index in [1.54, 1.807) is 42.3 Å². The summed E-state index contributed by atoms with van der Waals surface area (Å²) in [7, 11) is 0. The largest absolute Gasteiger partial charge is 0.456 e. The summed E-state index contributed by atoms with van der Waals surface area (Å²) < 4.78 is 5.38. The van der Waals surface area contributed by atoms with Gasteiger partial charge in [-0.25, -0.2) is 4.98 Å². The predicted molar refractivity (Wildman–Crippen MR) is 84.3 cm³/mol. The Morgan fingerprint density at radius 2 is 1.91 bits per heavy atom. The van der Waals surface area contributed by atoms with Crippen molar-refractivity contribution in [1.82, 2.24) is 9.88 Å². The molecule has 2 aromatic rings. The first-order valence-corrected chi connectivity index (χ1v) is 7.42. The molecule has 0 unspecified atom stereocenters. The smallest absolute Gasteiger partial charge is 0.289 e. The SMILES string of the molecule is Cc1ccc(C(=O)N2CCN(c3ncccc3C(N)=O)CC2)o1. The van der Waals surface area contributed by atoms with Gasteiger partial charge in [0.1, 0.15) is 11.6 Å². The van der Waals surface area contributed by atoms with Crippen LogP contribution in [0.3, 0.4) is 0 Å². The van der Waals surface area contributed by atoms with Gasteiger partial charge in [-0.15, -0.1) is 0 Å². The zero-order valence-corrected chi connectivity index (χ0v) is 12.9. The minimum absolute atomic E-state index is 0.117. The number of hydrogen-bond acceptors (Lipinski definition) is 5. The molecular formula is C16H18N4O3. The number of rotatable bonds is 3. The van der Waals surface area contributed by atoms with E-state index < -0.39 is 5.91 Å². The number of aryl methyl sites for hydroxylation is 1. The van der Waals surface area contributed by atoms with Gasteiger partial charge >= 0.3 is 0 Å². The van der Waals surface area contributed by atoms with Crippen molar-refractivity contribution in [3.05, 3.63) is 47.5 Å². The first-order chi connectivity index (χ1) is 11.1. The molecule has 0 bridgehead atoms. The molecule has 3 heterocycles. The molecule has 0 aromatic carbocycles. The Labute approximate surface area is 133 Å². The average Bonchev–Trinajstić information content (AvgIpc) is 3.01. The van der Waals surface area contributed by atoms with Crippen LogP contribution in [0.15, 0.2) is 34.9 Å². The molecule has 0 atom stereocenters. The van der Waals surface area contributed by atoms with E-state index in [0.29, 0.717) is 49.1 Å². The van der Waals surface area contributed by atoms with Gasteiger partial charge in [-0.3, -0.25) is 9.59 Å². The van der Waals surface area contributed by atoms with Crippen LogP contribution < -0.4 is 10.6 Å². The van der Waals surface area contributed by atoms with Crippen LogP contribution in [0.4, 0.5) is 5.82 Å². The zero-order valence-electron chi connectivity index (χ0n) is 12.9. The number of carbonyl (C=O) groups is 2. The number of aromatic nitrogens is 1. The fourth-order valence-corrected chi connectivity index (χ4v) is 2.67. The van der Waals surface area contributed by atoms with Gasteiger partial charge in [-0.1, -0.05) is 0 Å². The summed E-state index contributed by atoms with van der Waals surface area (Å²) in [6.45, 7) is 4.05. The molecule has 0 saturated carbocycles. The number of furan rings is 1. The van der Waals surface area contributed by atoms with Crippen LogP contribution in [0, 0.1) is 6.92 Å². The van der Waals surface area contributed by atoms with Crippen LogP contribution in [0.2, 0.25) is 0 Å². The molecule has 7 nitrogen and oxygen atoms in total. The lowest BCUT2D eigenvalue weighted by Crippen LogP contribution is -2.49. The van der Waals surface area contributed by atoms with Crippen LogP contribution in [0.5, 0.6) is 0 Å². The van der Waals surface area contributed by atoms with Crippen molar-refractivity contribution >= 4 is 17.6 Å². The second-order valence-electron chi connectivity index (χ2n) is 5.43. The molecule has 1 fully saturated rings. The summed E-state index contributed by atoms with van der Waals surface area (Å²) >= 11 is 0. The van der Waals surface area contributed by atoms with Crippen molar-refractivity contribution in [3.8, 4) is 0 Å². The van der Waals surface area contributed by atoms with E-state index in [-0.39, 0.29) is 5.91 Å². The standard InChI is InChI=1S/C16H18N4O3/c1-11-4-5-13(23-11)16(22)20-9-7-19(8-10-20)15-12(14(17)21)3-2-6-18-15/h2-6H,7-10H2,1H3,(H2,17,21). The lowest BCUT2D eigenvalue weighted by molar-refractivity contribution is 0.0712. The average molecular weight is 314 g/mol. The van der Waals surface area contributed by atoms with Gasteiger partial charge in [0.05, 0.1) is 5.56 Å². The van der Waals surface area contributed by atoms with Gasteiger partial charge in [-0.05, 0) is 31.2 Å². The normalized spacial score (nSPS) is 14.8. The third kappa shape index (κ3) is 3.03. The van der Waals surface area contributed by atoms with Crippen molar-refractivity contribution in [1.29, 1.82) is 0 Å². The van der Waals surface area contributed by atoms with E-state index in [2.05, 4.69) is 4.98 Å². The maximum absolute atomic E-state index is 12.4. The van der Waals surface area contributed by atoms with Gasteiger partial charge in [-0.2, -0.15) is 0 Å². The molecule has 2 aromatic heterocycles. The zero-order chi connectivity index (χ0) is 16.4. The number of anilines is 1.